The third-order valence-electron chi connectivity index (χ3n) is 5.56. The lowest BCUT2D eigenvalue weighted by Crippen LogP contribution is -2.45. The number of fused-ring (bicyclic) bond motifs is 2. The molecule has 164 valence electrons. The van der Waals surface area contributed by atoms with Gasteiger partial charge in [0.1, 0.15) is 6.04 Å². The number of nitrogens with zero attached hydrogens (tertiary/aromatic N) is 1. The van der Waals surface area contributed by atoms with Gasteiger partial charge in [0.2, 0.25) is 11.8 Å². The smallest absolute Gasteiger partial charge is 0.247 e. The maximum Gasteiger partial charge on any atom is 0.247 e. The Hall–Kier alpha value is -3.97. The predicted octanol–water partition coefficient (Wildman–Crippen LogP) is 4.69. The number of amides is 2. The Kier molecular flexibility index (Phi) is 5.87. The van der Waals surface area contributed by atoms with Gasteiger partial charge >= 0.3 is 0 Å². The van der Waals surface area contributed by atoms with E-state index in [1.54, 1.807) is 5.51 Å². The van der Waals surface area contributed by atoms with Crippen LogP contribution < -0.4 is 10.6 Å². The lowest BCUT2D eigenvalue weighted by molar-refractivity contribution is -0.126. The fourth-order valence-electron chi connectivity index (χ4n) is 3.92. The molecule has 5 aromatic rings. The van der Waals surface area contributed by atoms with Crippen molar-refractivity contribution in [2.45, 2.75) is 18.9 Å². The van der Waals surface area contributed by atoms with Crippen molar-refractivity contribution in [3.8, 4) is 0 Å². The summed E-state index contributed by atoms with van der Waals surface area (Å²) in [5, 5.41) is 6.91. The van der Waals surface area contributed by atoms with Crippen molar-refractivity contribution >= 4 is 50.0 Å². The molecule has 2 heterocycles. The van der Waals surface area contributed by atoms with Gasteiger partial charge in [-0.2, -0.15) is 0 Å². The summed E-state index contributed by atoms with van der Waals surface area (Å²) in [5.74, 6) is -0.455. The van der Waals surface area contributed by atoms with Crippen molar-refractivity contribution in [2.75, 3.05) is 5.32 Å². The molecule has 3 aromatic carbocycles. The number of aromatic nitrogens is 2. The van der Waals surface area contributed by atoms with Gasteiger partial charge in [-0.25, -0.2) is 4.98 Å². The van der Waals surface area contributed by atoms with E-state index in [1.165, 1.54) is 11.3 Å². The number of hydrogen-bond acceptors (Lipinski definition) is 4. The molecule has 0 saturated heterocycles. The summed E-state index contributed by atoms with van der Waals surface area (Å²) in [6.07, 6.45) is 2.44. The normalized spacial score (nSPS) is 12.0. The van der Waals surface area contributed by atoms with Gasteiger partial charge in [0, 0.05) is 29.2 Å². The van der Waals surface area contributed by atoms with E-state index in [0.717, 1.165) is 32.2 Å². The Balaban J connectivity index is 1.34. The van der Waals surface area contributed by atoms with E-state index in [-0.39, 0.29) is 18.2 Å². The Bertz CT molecular complexity index is 1420. The van der Waals surface area contributed by atoms with E-state index >= 15 is 0 Å². The number of H-pyrrole nitrogens is 1. The third-order valence-corrected chi connectivity index (χ3v) is 6.35. The molecule has 5 rings (SSSR count). The lowest BCUT2D eigenvalue weighted by atomic mass is 10.0. The van der Waals surface area contributed by atoms with Crippen molar-refractivity contribution in [3.05, 3.63) is 95.6 Å². The molecule has 0 radical (unpaired) electrons. The van der Waals surface area contributed by atoms with Gasteiger partial charge in [-0.15, -0.1) is 11.3 Å². The molecule has 0 saturated carbocycles. The molecule has 3 N–H and O–H groups in total. The zero-order valence-electron chi connectivity index (χ0n) is 17.7. The number of para-hydroxylation sites is 1. The molecule has 2 aromatic heterocycles. The van der Waals surface area contributed by atoms with Crippen LogP contribution in [0.25, 0.3) is 21.1 Å². The first-order chi connectivity index (χ1) is 16.2. The topological polar surface area (TPSA) is 86.9 Å². The number of carbonyl (C=O) groups excluding carboxylic acids is 2. The average Bonchev–Trinajstić information content (AvgIpc) is 3.46. The highest BCUT2D eigenvalue weighted by atomic mass is 32.1. The molecule has 0 aliphatic carbocycles. The fourth-order valence-corrected chi connectivity index (χ4v) is 4.63. The van der Waals surface area contributed by atoms with Crippen LogP contribution in [-0.4, -0.2) is 27.8 Å². The zero-order valence-corrected chi connectivity index (χ0v) is 18.6. The van der Waals surface area contributed by atoms with E-state index in [4.69, 9.17) is 0 Å². The van der Waals surface area contributed by atoms with Crippen LogP contribution in [0.1, 0.15) is 11.1 Å². The minimum Gasteiger partial charge on any atom is -0.361 e. The van der Waals surface area contributed by atoms with E-state index in [9.17, 15) is 9.59 Å². The summed E-state index contributed by atoms with van der Waals surface area (Å²) in [4.78, 5) is 33.6. The van der Waals surface area contributed by atoms with Crippen LogP contribution in [0.4, 0.5) is 5.69 Å². The van der Waals surface area contributed by atoms with Gasteiger partial charge in [0.05, 0.1) is 22.1 Å². The molecule has 0 aliphatic rings. The van der Waals surface area contributed by atoms with E-state index in [0.29, 0.717) is 12.1 Å². The Morgan fingerprint density at radius 2 is 1.82 bits per heavy atom. The van der Waals surface area contributed by atoms with Crippen LogP contribution >= 0.6 is 11.3 Å². The van der Waals surface area contributed by atoms with Crippen LogP contribution in [0.5, 0.6) is 0 Å². The second-order valence-corrected chi connectivity index (χ2v) is 8.76. The van der Waals surface area contributed by atoms with Crippen molar-refractivity contribution in [2.24, 2.45) is 0 Å². The molecular weight excluding hydrogens is 432 g/mol. The number of aromatic amines is 1. The molecule has 7 heteroatoms. The Morgan fingerprint density at radius 3 is 2.70 bits per heavy atom. The Labute approximate surface area is 194 Å². The van der Waals surface area contributed by atoms with Crippen LogP contribution in [0.3, 0.4) is 0 Å². The van der Waals surface area contributed by atoms with Crippen LogP contribution in [0, 0.1) is 0 Å². The monoisotopic (exact) mass is 454 g/mol. The first-order valence-corrected chi connectivity index (χ1v) is 11.6. The average molecular weight is 455 g/mol. The number of rotatable bonds is 7. The van der Waals surface area contributed by atoms with Crippen LogP contribution in [0.2, 0.25) is 0 Å². The summed E-state index contributed by atoms with van der Waals surface area (Å²) < 4.78 is 0.996. The number of thiazole rings is 1. The van der Waals surface area contributed by atoms with Crippen LogP contribution in [0.15, 0.2) is 84.5 Å². The van der Waals surface area contributed by atoms with Crippen molar-refractivity contribution in [3.63, 3.8) is 0 Å². The molecule has 0 aliphatic heterocycles. The van der Waals surface area contributed by atoms with Gasteiger partial charge in [0.15, 0.2) is 0 Å². The highest BCUT2D eigenvalue weighted by Crippen LogP contribution is 2.22. The fraction of sp³-hybridized carbons (Fsp3) is 0.115. The van der Waals surface area contributed by atoms with Gasteiger partial charge in [-0.1, -0.05) is 48.5 Å². The third kappa shape index (κ3) is 4.78. The summed E-state index contributed by atoms with van der Waals surface area (Å²) in [6.45, 7) is 0. The summed E-state index contributed by atoms with van der Waals surface area (Å²) in [7, 11) is 0. The molecule has 6 nitrogen and oxygen atoms in total. The van der Waals surface area contributed by atoms with Crippen molar-refractivity contribution < 1.29 is 9.59 Å². The number of anilines is 1. The molecule has 2 amide bonds. The molecular formula is C26H22N4O2S. The first-order valence-electron chi connectivity index (χ1n) is 10.7. The van der Waals surface area contributed by atoms with E-state index in [2.05, 4.69) is 20.6 Å². The highest BCUT2D eigenvalue weighted by Gasteiger charge is 2.22. The van der Waals surface area contributed by atoms with E-state index < -0.39 is 6.04 Å². The number of benzene rings is 3. The number of nitrogens with one attached hydrogen (secondary N) is 3. The summed E-state index contributed by atoms with van der Waals surface area (Å²) >= 11 is 1.52. The largest absolute Gasteiger partial charge is 0.361 e. The van der Waals surface area contributed by atoms with Crippen molar-refractivity contribution in [1.82, 2.24) is 15.3 Å². The molecule has 1 atom stereocenters. The van der Waals surface area contributed by atoms with Gasteiger partial charge in [-0.3, -0.25) is 9.59 Å². The first kappa shape index (κ1) is 20.9. The van der Waals surface area contributed by atoms with Crippen LogP contribution in [-0.2, 0) is 22.4 Å². The molecule has 0 fully saturated rings. The predicted molar refractivity (Wildman–Crippen MR) is 132 cm³/mol. The number of hydrogen-bond donors (Lipinski definition) is 3. The SMILES string of the molecule is O=C(Cc1c[nH]c2ccccc12)N[C@@H](Cc1ccccc1)C(=O)Nc1ccc2ncsc2c1. The van der Waals surface area contributed by atoms with Gasteiger partial charge < -0.3 is 15.6 Å². The molecule has 0 unspecified atom stereocenters. The highest BCUT2D eigenvalue weighted by molar-refractivity contribution is 7.16. The second kappa shape index (κ2) is 9.26. The molecule has 0 bridgehead atoms. The maximum atomic E-state index is 13.2. The summed E-state index contributed by atoms with van der Waals surface area (Å²) in [5.41, 5.74) is 6.21. The lowest BCUT2D eigenvalue weighted by Gasteiger charge is -2.19. The molecule has 0 spiro atoms. The maximum absolute atomic E-state index is 13.2. The van der Waals surface area contributed by atoms with E-state index in [1.807, 2.05) is 79.0 Å². The van der Waals surface area contributed by atoms with Crippen molar-refractivity contribution in [1.29, 1.82) is 0 Å². The second-order valence-electron chi connectivity index (χ2n) is 7.87. The van der Waals surface area contributed by atoms with Gasteiger partial charge in [0.25, 0.3) is 0 Å². The Morgan fingerprint density at radius 1 is 1.00 bits per heavy atom. The molecule has 33 heavy (non-hydrogen) atoms. The minimum atomic E-state index is -0.706. The minimum absolute atomic E-state index is 0.190. The number of carbonyl (C=O) groups is 2. The quantitative estimate of drug-likeness (QED) is 0.334. The summed E-state index contributed by atoms with van der Waals surface area (Å²) in [6, 6.07) is 22.4. The van der Waals surface area contributed by atoms with Gasteiger partial charge in [-0.05, 0) is 35.4 Å². The zero-order chi connectivity index (χ0) is 22.6. The standard InChI is InChI=1S/C26H22N4O2S/c31-25(13-18-15-27-21-9-5-4-8-20(18)21)30-23(12-17-6-2-1-3-7-17)26(32)29-19-10-11-22-24(14-19)33-16-28-22/h1-11,14-16,23,27H,12-13H2,(H,29,32)(H,30,31)/t23-/m0/s1.